The van der Waals surface area contributed by atoms with Crippen LogP contribution >= 0.6 is 0 Å². The summed E-state index contributed by atoms with van der Waals surface area (Å²) in [5.41, 5.74) is -0.569. The van der Waals surface area contributed by atoms with Gasteiger partial charge in [-0.2, -0.15) is 0 Å². The van der Waals surface area contributed by atoms with Crippen molar-refractivity contribution in [3.8, 4) is 0 Å². The average molecular weight is 622 g/mol. The van der Waals surface area contributed by atoms with Crippen molar-refractivity contribution in [2.45, 2.75) is 57.0 Å². The van der Waals surface area contributed by atoms with Gasteiger partial charge >= 0.3 is 0 Å². The molecule has 3 aromatic rings. The molecule has 3 aromatic carbocycles. The largest absolute Gasteiger partial charge is 0.394 e. The molecule has 6 rings (SSSR count). The van der Waals surface area contributed by atoms with Crippen LogP contribution in [0.25, 0.3) is 10.8 Å². The third kappa shape index (κ3) is 4.86. The van der Waals surface area contributed by atoms with E-state index < -0.39 is 35.1 Å². The maximum atomic E-state index is 15.0. The van der Waals surface area contributed by atoms with Gasteiger partial charge in [0.15, 0.2) is 0 Å². The lowest BCUT2D eigenvalue weighted by atomic mass is 9.62. The van der Waals surface area contributed by atoms with E-state index in [9.17, 15) is 19.5 Å². The summed E-state index contributed by atoms with van der Waals surface area (Å²) in [7, 11) is 0. The molecule has 3 fully saturated rings. The molecule has 46 heavy (non-hydrogen) atoms. The molecule has 3 aliphatic heterocycles. The molecular weight excluding hydrogens is 578 g/mol. The Hall–Kier alpha value is -4.27. The summed E-state index contributed by atoms with van der Waals surface area (Å²) in [6.07, 6.45) is 3.80. The fraction of sp³-hybridized carbons (Fsp3) is 0.395. The zero-order valence-electron chi connectivity index (χ0n) is 26.8. The first-order chi connectivity index (χ1) is 22.1. The van der Waals surface area contributed by atoms with Gasteiger partial charge in [0.1, 0.15) is 11.6 Å². The molecule has 7 atom stereocenters. The Morgan fingerprint density at radius 1 is 1.02 bits per heavy atom. The topological polar surface area (TPSA) is 90.4 Å². The molecule has 2 bridgehead atoms. The molecule has 0 saturated carbocycles. The van der Waals surface area contributed by atoms with Gasteiger partial charge in [-0.25, -0.2) is 0 Å². The maximum Gasteiger partial charge on any atom is 0.253 e. The molecule has 3 amide bonds. The van der Waals surface area contributed by atoms with Crippen molar-refractivity contribution in [2.24, 2.45) is 17.8 Å². The Morgan fingerprint density at radius 2 is 1.70 bits per heavy atom. The van der Waals surface area contributed by atoms with E-state index in [0.717, 1.165) is 16.3 Å². The van der Waals surface area contributed by atoms with Crippen molar-refractivity contribution in [3.05, 3.63) is 104 Å². The van der Waals surface area contributed by atoms with Crippen molar-refractivity contribution in [3.63, 3.8) is 0 Å². The molecule has 240 valence electrons. The molecule has 3 aliphatic rings. The lowest BCUT2D eigenvalue weighted by Crippen LogP contribution is -2.58. The number of anilines is 1. The van der Waals surface area contributed by atoms with Crippen molar-refractivity contribution in [1.82, 2.24) is 9.80 Å². The van der Waals surface area contributed by atoms with E-state index in [0.29, 0.717) is 25.2 Å². The Kier molecular flexibility index (Phi) is 8.38. The molecule has 1 N–H and O–H groups in total. The highest BCUT2D eigenvalue weighted by Gasteiger charge is 2.80. The smallest absolute Gasteiger partial charge is 0.253 e. The summed E-state index contributed by atoms with van der Waals surface area (Å²) in [4.78, 5) is 49.1. The summed E-state index contributed by atoms with van der Waals surface area (Å²) >= 11 is 0. The molecule has 8 nitrogen and oxygen atoms in total. The predicted molar refractivity (Wildman–Crippen MR) is 179 cm³/mol. The number of hydrogen-bond acceptors (Lipinski definition) is 5. The number of carbonyl (C=O) groups is 3. The number of likely N-dealkylation sites (tertiary alicyclic amines) is 1. The van der Waals surface area contributed by atoms with Crippen LogP contribution in [0.1, 0.15) is 32.8 Å². The SMILES string of the molecule is C=CCN(Cc1ccccc1)C(=O)[C@H]1[C@H]2C(=O)N([C@H](C)CO)C(C(=O)N(CC=C)c3ccc4ccccc4c3)C23CC(C)[C@]1(C)O3. The van der Waals surface area contributed by atoms with Crippen molar-refractivity contribution >= 4 is 34.2 Å². The molecule has 0 aliphatic carbocycles. The summed E-state index contributed by atoms with van der Waals surface area (Å²) in [5, 5.41) is 12.4. The van der Waals surface area contributed by atoms with Crippen LogP contribution in [0.5, 0.6) is 0 Å². The van der Waals surface area contributed by atoms with Gasteiger partial charge in [-0.3, -0.25) is 14.4 Å². The number of hydrogen-bond donors (Lipinski definition) is 1. The van der Waals surface area contributed by atoms with Crippen molar-refractivity contribution in [2.75, 3.05) is 24.6 Å². The molecule has 1 spiro atoms. The van der Waals surface area contributed by atoms with Crippen LogP contribution in [-0.2, 0) is 25.7 Å². The normalized spacial score (nSPS) is 28.6. The average Bonchev–Trinajstić information content (AvgIpc) is 3.58. The second-order valence-corrected chi connectivity index (χ2v) is 13.2. The predicted octanol–water partition coefficient (Wildman–Crippen LogP) is 4.97. The van der Waals surface area contributed by atoms with Gasteiger partial charge in [0.05, 0.1) is 30.1 Å². The van der Waals surface area contributed by atoms with E-state index >= 15 is 0 Å². The number of carbonyl (C=O) groups excluding carboxylic acids is 3. The molecule has 0 aromatic heterocycles. The summed E-state index contributed by atoms with van der Waals surface area (Å²) in [6, 6.07) is 21.8. The highest BCUT2D eigenvalue weighted by atomic mass is 16.5. The van der Waals surface area contributed by atoms with Crippen molar-refractivity contribution in [1.29, 1.82) is 0 Å². The quantitative estimate of drug-likeness (QED) is 0.306. The van der Waals surface area contributed by atoms with Crippen LogP contribution in [0.3, 0.4) is 0 Å². The van der Waals surface area contributed by atoms with E-state index in [4.69, 9.17) is 4.74 Å². The van der Waals surface area contributed by atoms with E-state index in [1.807, 2.05) is 86.6 Å². The van der Waals surface area contributed by atoms with Crippen LogP contribution < -0.4 is 4.90 Å². The van der Waals surface area contributed by atoms with Crippen LogP contribution in [-0.4, -0.2) is 75.6 Å². The van der Waals surface area contributed by atoms with Crippen LogP contribution in [0.15, 0.2) is 98.1 Å². The minimum absolute atomic E-state index is 0.110. The lowest BCUT2D eigenvalue weighted by Gasteiger charge is -2.39. The molecule has 8 heteroatoms. The lowest BCUT2D eigenvalue weighted by molar-refractivity contribution is -0.153. The number of aliphatic hydroxyl groups is 1. The van der Waals surface area contributed by atoms with Gasteiger partial charge in [-0.1, -0.05) is 79.7 Å². The first-order valence-electron chi connectivity index (χ1n) is 16.1. The van der Waals surface area contributed by atoms with E-state index in [1.165, 1.54) is 4.90 Å². The Labute approximate surface area is 270 Å². The van der Waals surface area contributed by atoms with Gasteiger partial charge in [0.2, 0.25) is 11.8 Å². The minimum atomic E-state index is -1.24. The third-order valence-electron chi connectivity index (χ3n) is 10.5. The minimum Gasteiger partial charge on any atom is -0.394 e. The van der Waals surface area contributed by atoms with E-state index in [1.54, 1.807) is 28.9 Å². The molecular formula is C38H43N3O5. The number of benzene rings is 3. The highest BCUT2D eigenvalue weighted by molar-refractivity contribution is 6.06. The monoisotopic (exact) mass is 621 g/mol. The van der Waals surface area contributed by atoms with E-state index in [2.05, 4.69) is 13.2 Å². The molecule has 3 heterocycles. The first kappa shape index (κ1) is 31.7. The Morgan fingerprint density at radius 3 is 2.37 bits per heavy atom. The zero-order chi connectivity index (χ0) is 32.8. The molecule has 3 saturated heterocycles. The number of ether oxygens (including phenoxy) is 1. The number of nitrogens with zero attached hydrogens (tertiary/aromatic N) is 3. The highest BCUT2D eigenvalue weighted by Crippen LogP contribution is 2.66. The molecule has 0 radical (unpaired) electrons. The van der Waals surface area contributed by atoms with E-state index in [-0.39, 0.29) is 36.8 Å². The number of fused-ring (bicyclic) bond motifs is 2. The second kappa shape index (κ2) is 12.2. The Bertz CT molecular complexity index is 1680. The fourth-order valence-corrected chi connectivity index (χ4v) is 8.23. The van der Waals surface area contributed by atoms with Gasteiger partial charge in [-0.15, -0.1) is 13.2 Å². The third-order valence-corrected chi connectivity index (χ3v) is 10.5. The van der Waals surface area contributed by atoms with Gasteiger partial charge in [-0.05, 0) is 54.7 Å². The standard InChI is InChI=1S/C38H43N3O5/c1-6-19-39(23-27-13-9-8-10-14-27)34(43)31-32-35(44)41(26(4)24-42)33(38(32)22-25(3)37(31,5)46-38)36(45)40(20-7-2)30-18-17-28-15-11-12-16-29(28)21-30/h6-18,21,25-26,31-33,42H,1-2,19-20,22-24H2,3-5H3/t25?,26-,31-,32+,33?,37+,38?/m1/s1. The van der Waals surface area contributed by atoms with Gasteiger partial charge < -0.3 is 24.5 Å². The summed E-state index contributed by atoms with van der Waals surface area (Å²) < 4.78 is 6.97. The van der Waals surface area contributed by atoms with Crippen LogP contribution in [0, 0.1) is 17.8 Å². The number of rotatable bonds is 11. The second-order valence-electron chi connectivity index (χ2n) is 13.2. The van der Waals surface area contributed by atoms with Gasteiger partial charge in [0.25, 0.3) is 5.91 Å². The maximum absolute atomic E-state index is 15.0. The van der Waals surface area contributed by atoms with Gasteiger partial charge in [0, 0.05) is 25.3 Å². The number of aliphatic hydroxyl groups excluding tert-OH is 1. The molecule has 3 unspecified atom stereocenters. The zero-order valence-corrected chi connectivity index (χ0v) is 26.8. The Balaban J connectivity index is 1.44. The summed E-state index contributed by atoms with van der Waals surface area (Å²) in [5.74, 6) is -2.64. The van der Waals surface area contributed by atoms with Crippen LogP contribution in [0.4, 0.5) is 5.69 Å². The number of amides is 3. The summed E-state index contributed by atoms with van der Waals surface area (Å²) in [6.45, 7) is 14.0. The first-order valence-corrected chi connectivity index (χ1v) is 16.1. The fourth-order valence-electron chi connectivity index (χ4n) is 8.23. The van der Waals surface area contributed by atoms with Crippen LogP contribution in [0.2, 0.25) is 0 Å². The van der Waals surface area contributed by atoms with Crippen molar-refractivity contribution < 1.29 is 24.2 Å².